The van der Waals surface area contributed by atoms with E-state index >= 15 is 0 Å². The van der Waals surface area contributed by atoms with Crippen molar-refractivity contribution in [3.05, 3.63) is 82.7 Å². The van der Waals surface area contributed by atoms with Crippen molar-refractivity contribution in [2.24, 2.45) is 0 Å². The van der Waals surface area contributed by atoms with Crippen LogP contribution in [0.15, 0.2) is 54.6 Å². The molecule has 1 heterocycles. The Labute approximate surface area is 177 Å². The number of nitrogens with one attached hydrogen (secondary N) is 1. The maximum Gasteiger partial charge on any atom is 0.253 e. The first-order valence-electron chi connectivity index (χ1n) is 9.74. The zero-order chi connectivity index (χ0) is 21.8. The fourth-order valence-corrected chi connectivity index (χ4v) is 3.42. The Morgan fingerprint density at radius 2 is 1.63 bits per heavy atom. The normalized spacial score (nSPS) is 10.6. The summed E-state index contributed by atoms with van der Waals surface area (Å²) in [5.41, 5.74) is 5.03. The Morgan fingerprint density at radius 3 is 2.20 bits per heavy atom. The van der Waals surface area contributed by atoms with Gasteiger partial charge in [0.25, 0.3) is 11.8 Å². The molecule has 1 N–H and O–H groups in total. The van der Waals surface area contributed by atoms with Crippen molar-refractivity contribution < 1.29 is 14.3 Å². The van der Waals surface area contributed by atoms with Crippen molar-refractivity contribution in [2.75, 3.05) is 21.2 Å². The third-order valence-electron chi connectivity index (χ3n) is 5.07. The fraction of sp³-hybridized carbons (Fsp3) is 0.250. The van der Waals surface area contributed by atoms with Crippen molar-refractivity contribution in [2.45, 2.75) is 20.4 Å². The number of rotatable bonds is 6. The molecule has 6 nitrogen and oxygen atoms in total. The summed E-state index contributed by atoms with van der Waals surface area (Å²) in [5.74, 6) is 0.616. The monoisotopic (exact) mass is 405 g/mol. The molecule has 0 bridgehead atoms. The van der Waals surface area contributed by atoms with Gasteiger partial charge in [-0.2, -0.15) is 0 Å². The van der Waals surface area contributed by atoms with E-state index in [1.165, 1.54) is 4.90 Å². The van der Waals surface area contributed by atoms with Crippen LogP contribution in [0.3, 0.4) is 0 Å². The van der Waals surface area contributed by atoms with E-state index < -0.39 is 0 Å². The van der Waals surface area contributed by atoms with Crippen LogP contribution in [-0.2, 0) is 6.54 Å². The number of hydrogen-bond acceptors (Lipinski definition) is 3. The molecule has 2 aromatic carbocycles. The van der Waals surface area contributed by atoms with E-state index in [9.17, 15) is 9.59 Å². The molecule has 30 heavy (non-hydrogen) atoms. The van der Waals surface area contributed by atoms with E-state index in [1.807, 2.05) is 56.3 Å². The second kappa shape index (κ2) is 8.86. The number of amides is 2. The largest absolute Gasteiger partial charge is 0.497 e. The van der Waals surface area contributed by atoms with Crippen molar-refractivity contribution in [1.82, 2.24) is 14.8 Å². The van der Waals surface area contributed by atoms with E-state index in [0.29, 0.717) is 17.7 Å². The number of hydrogen-bond donors (Lipinski definition) is 1. The highest BCUT2D eigenvalue weighted by molar-refractivity contribution is 5.96. The van der Waals surface area contributed by atoms with Crippen LogP contribution < -0.4 is 10.1 Å². The summed E-state index contributed by atoms with van der Waals surface area (Å²) in [6, 6.07) is 16.9. The van der Waals surface area contributed by atoms with Crippen LogP contribution in [0, 0.1) is 13.8 Å². The van der Waals surface area contributed by atoms with E-state index in [2.05, 4.69) is 9.88 Å². The summed E-state index contributed by atoms with van der Waals surface area (Å²) in [4.78, 5) is 26.3. The first-order valence-corrected chi connectivity index (χ1v) is 9.74. The van der Waals surface area contributed by atoms with Gasteiger partial charge < -0.3 is 19.5 Å². The van der Waals surface area contributed by atoms with Crippen LogP contribution in [0.1, 0.15) is 37.7 Å². The Bertz CT molecular complexity index is 1050. The molecule has 1 aromatic heterocycles. The summed E-state index contributed by atoms with van der Waals surface area (Å²) < 4.78 is 7.27. The van der Waals surface area contributed by atoms with Gasteiger partial charge in [-0.25, -0.2) is 0 Å². The van der Waals surface area contributed by atoms with Gasteiger partial charge in [0, 0.05) is 43.3 Å². The number of benzene rings is 2. The highest BCUT2D eigenvalue weighted by atomic mass is 16.5. The molecule has 3 rings (SSSR count). The third-order valence-corrected chi connectivity index (χ3v) is 5.07. The molecule has 0 atom stereocenters. The number of nitrogens with zero attached hydrogens (tertiary/aromatic N) is 2. The molecule has 0 saturated heterocycles. The lowest BCUT2D eigenvalue weighted by molar-refractivity contribution is 0.0827. The molecule has 0 fully saturated rings. The van der Waals surface area contributed by atoms with Gasteiger partial charge in [-0.15, -0.1) is 0 Å². The summed E-state index contributed by atoms with van der Waals surface area (Å²) in [5, 5.41) is 2.97. The standard InChI is InChI=1S/C24H27N3O3/c1-16-14-22(17(2)27(16)20-10-12-21(30-5)13-11-20)23(28)25-15-18-6-8-19(9-7-18)24(29)26(3)4/h6-14H,15H2,1-5H3,(H,25,28). The maximum atomic E-state index is 12.8. The molecule has 6 heteroatoms. The summed E-state index contributed by atoms with van der Waals surface area (Å²) in [7, 11) is 5.08. The van der Waals surface area contributed by atoms with Crippen molar-refractivity contribution in [3.63, 3.8) is 0 Å². The number of carbonyl (C=O) groups is 2. The quantitative estimate of drug-likeness (QED) is 0.680. The minimum absolute atomic E-state index is 0.0449. The topological polar surface area (TPSA) is 63.6 Å². The van der Waals surface area contributed by atoms with Crippen molar-refractivity contribution in [1.29, 1.82) is 0 Å². The third kappa shape index (κ3) is 4.38. The Kier molecular flexibility index (Phi) is 6.26. The van der Waals surface area contributed by atoms with Gasteiger partial charge in [-0.05, 0) is 61.9 Å². The lowest BCUT2D eigenvalue weighted by Crippen LogP contribution is -2.24. The van der Waals surface area contributed by atoms with E-state index in [4.69, 9.17) is 4.74 Å². The number of aryl methyl sites for hydroxylation is 1. The predicted octanol–water partition coefficient (Wildman–Crippen LogP) is 3.73. The minimum Gasteiger partial charge on any atom is -0.497 e. The molecule has 0 aliphatic rings. The van der Waals surface area contributed by atoms with Gasteiger partial charge in [0.15, 0.2) is 0 Å². The number of methoxy groups -OCH3 is 1. The molecule has 0 aliphatic carbocycles. The summed E-state index contributed by atoms with van der Waals surface area (Å²) in [6.07, 6.45) is 0. The van der Waals surface area contributed by atoms with Crippen molar-refractivity contribution >= 4 is 11.8 Å². The second-order valence-electron chi connectivity index (χ2n) is 7.40. The SMILES string of the molecule is COc1ccc(-n2c(C)cc(C(=O)NCc3ccc(C(=O)N(C)C)cc3)c2C)cc1. The Morgan fingerprint density at radius 1 is 1.00 bits per heavy atom. The van der Waals surface area contributed by atoms with Gasteiger partial charge in [-0.3, -0.25) is 9.59 Å². The lowest BCUT2D eigenvalue weighted by atomic mass is 10.1. The molecule has 0 aliphatic heterocycles. The smallest absolute Gasteiger partial charge is 0.253 e. The van der Waals surface area contributed by atoms with Gasteiger partial charge in [-0.1, -0.05) is 12.1 Å². The number of ether oxygens (including phenoxy) is 1. The first-order chi connectivity index (χ1) is 14.3. The van der Waals surface area contributed by atoms with Crippen LogP contribution in [-0.4, -0.2) is 42.5 Å². The molecule has 156 valence electrons. The molecule has 3 aromatic rings. The van der Waals surface area contributed by atoms with E-state index in [-0.39, 0.29) is 11.8 Å². The molecule has 0 unspecified atom stereocenters. The first kappa shape index (κ1) is 21.2. The van der Waals surface area contributed by atoms with Crippen LogP contribution in [0.2, 0.25) is 0 Å². The van der Waals surface area contributed by atoms with E-state index in [1.54, 1.807) is 33.3 Å². The fourth-order valence-electron chi connectivity index (χ4n) is 3.42. The van der Waals surface area contributed by atoms with Crippen LogP contribution in [0.4, 0.5) is 0 Å². The number of aromatic nitrogens is 1. The number of carbonyl (C=O) groups excluding carboxylic acids is 2. The average molecular weight is 405 g/mol. The highest BCUT2D eigenvalue weighted by Crippen LogP contribution is 2.23. The molecular weight excluding hydrogens is 378 g/mol. The van der Waals surface area contributed by atoms with Gasteiger partial charge in [0.1, 0.15) is 5.75 Å². The van der Waals surface area contributed by atoms with E-state index in [0.717, 1.165) is 28.4 Å². The molecular formula is C24H27N3O3. The van der Waals surface area contributed by atoms with Gasteiger partial charge >= 0.3 is 0 Å². The maximum absolute atomic E-state index is 12.8. The predicted molar refractivity (Wildman–Crippen MR) is 117 cm³/mol. The molecule has 0 saturated carbocycles. The Balaban J connectivity index is 1.72. The molecule has 0 radical (unpaired) electrons. The molecule has 2 amide bonds. The summed E-state index contributed by atoms with van der Waals surface area (Å²) >= 11 is 0. The van der Waals surface area contributed by atoms with Gasteiger partial charge in [0.05, 0.1) is 12.7 Å². The molecule has 0 spiro atoms. The van der Waals surface area contributed by atoms with Crippen LogP contribution >= 0.6 is 0 Å². The average Bonchev–Trinajstić information content (AvgIpc) is 3.05. The Hall–Kier alpha value is -3.54. The zero-order valence-corrected chi connectivity index (χ0v) is 18.0. The minimum atomic E-state index is -0.128. The lowest BCUT2D eigenvalue weighted by Gasteiger charge is -2.12. The summed E-state index contributed by atoms with van der Waals surface area (Å²) in [6.45, 7) is 4.31. The highest BCUT2D eigenvalue weighted by Gasteiger charge is 2.17. The van der Waals surface area contributed by atoms with Crippen LogP contribution in [0.5, 0.6) is 5.75 Å². The van der Waals surface area contributed by atoms with Crippen molar-refractivity contribution in [3.8, 4) is 11.4 Å². The van der Waals surface area contributed by atoms with Gasteiger partial charge in [0.2, 0.25) is 0 Å². The van der Waals surface area contributed by atoms with Crippen LogP contribution in [0.25, 0.3) is 5.69 Å². The zero-order valence-electron chi connectivity index (χ0n) is 18.0. The second-order valence-corrected chi connectivity index (χ2v) is 7.40.